The molecule has 0 spiro atoms. The minimum atomic E-state index is -1.03. The lowest BCUT2D eigenvalue weighted by molar-refractivity contribution is -0.152. The number of unbranched alkanes of at least 4 members (excludes halogenated alkanes) is 17. The topological polar surface area (TPSA) is 230 Å². The van der Waals surface area contributed by atoms with Crippen LogP contribution in [0, 0.1) is 48.3 Å². The number of aryl methyl sites for hydroxylation is 1. The van der Waals surface area contributed by atoms with E-state index >= 15 is 0 Å². The van der Waals surface area contributed by atoms with Crippen molar-refractivity contribution in [3.63, 3.8) is 0 Å². The molecule has 422 valence electrons. The Balaban J connectivity index is 1.82. The number of allylic oxidation sites excluding steroid dienone is 4. The highest BCUT2D eigenvalue weighted by atomic mass is 32.1. The van der Waals surface area contributed by atoms with Crippen molar-refractivity contribution in [2.45, 2.75) is 175 Å². The van der Waals surface area contributed by atoms with Gasteiger partial charge in [-0.3, -0.25) is 19.2 Å². The number of carboxylic acids is 2. The van der Waals surface area contributed by atoms with Crippen molar-refractivity contribution in [3.8, 4) is 12.1 Å². The summed E-state index contributed by atoms with van der Waals surface area (Å²) in [7, 11) is 0. The summed E-state index contributed by atoms with van der Waals surface area (Å²) < 4.78 is 27.9. The van der Waals surface area contributed by atoms with E-state index in [1.807, 2.05) is 49.4 Å². The molecule has 0 aliphatic rings. The van der Waals surface area contributed by atoms with Crippen LogP contribution < -0.4 is 4.90 Å². The van der Waals surface area contributed by atoms with Gasteiger partial charge in [0.05, 0.1) is 75.6 Å². The molecule has 17 heteroatoms. The molecular weight excluding hydrogens is 987 g/mol. The first kappa shape index (κ1) is 66.7. The van der Waals surface area contributed by atoms with Crippen molar-refractivity contribution in [1.29, 1.82) is 10.5 Å². The average molecular weight is 1080 g/mol. The Kier molecular flexibility index (Phi) is 38.3. The van der Waals surface area contributed by atoms with Gasteiger partial charge in [0.1, 0.15) is 30.2 Å². The Morgan fingerprint density at radius 2 is 1.05 bits per heavy atom. The van der Waals surface area contributed by atoms with Gasteiger partial charge >= 0.3 is 23.9 Å². The highest BCUT2D eigenvalue weighted by molar-refractivity contribution is 7.16. The number of rotatable bonds is 47. The Morgan fingerprint density at radius 3 is 1.49 bits per heavy atom. The van der Waals surface area contributed by atoms with Crippen molar-refractivity contribution in [2.75, 3.05) is 70.8 Å². The Morgan fingerprint density at radius 1 is 0.605 bits per heavy atom. The molecule has 16 nitrogen and oxygen atoms in total. The van der Waals surface area contributed by atoms with Gasteiger partial charge in [-0.15, -0.1) is 21.6 Å². The quantitative estimate of drug-likeness (QED) is 0.0272. The van der Waals surface area contributed by atoms with Crippen LogP contribution in [-0.4, -0.2) is 100 Å². The molecule has 1 heterocycles. The molecule has 2 aromatic rings. The van der Waals surface area contributed by atoms with E-state index in [9.17, 15) is 39.9 Å². The van der Waals surface area contributed by atoms with Gasteiger partial charge in [-0.1, -0.05) is 134 Å². The SMILES string of the molecule is CCCCCCCC/C=C/CC(CC(=O)OCCOCCOCCN(CCOCCOC(=O)CC(C/C=C/CCCCCCCCCCCCC)C(=O)O)c1ccc(N=Nc2sc(C#N)c(C)c2C#N)c(C)c1)C(=O)O. The third-order valence-electron chi connectivity index (χ3n) is 12.9. The number of aliphatic carboxylic acids is 2. The third kappa shape index (κ3) is 30.9. The van der Waals surface area contributed by atoms with Crippen molar-refractivity contribution in [3.05, 3.63) is 64.1 Å². The normalized spacial score (nSPS) is 12.3. The molecular formula is C59H89N5O11S. The van der Waals surface area contributed by atoms with E-state index in [1.54, 1.807) is 6.92 Å². The third-order valence-corrected chi connectivity index (χ3v) is 14.0. The van der Waals surface area contributed by atoms with Crippen molar-refractivity contribution >= 4 is 51.6 Å². The first-order valence-corrected chi connectivity index (χ1v) is 28.8. The number of nitriles is 2. The monoisotopic (exact) mass is 1080 g/mol. The zero-order valence-corrected chi connectivity index (χ0v) is 47.1. The molecule has 0 saturated carbocycles. The molecule has 2 atom stereocenters. The number of carbonyl (C=O) groups excluding carboxylic acids is 2. The second-order valence-corrected chi connectivity index (χ2v) is 20.2. The van der Waals surface area contributed by atoms with Gasteiger partial charge in [0.15, 0.2) is 5.00 Å². The van der Waals surface area contributed by atoms with Gasteiger partial charge in [-0.2, -0.15) is 10.5 Å². The molecule has 0 aliphatic heterocycles. The maximum atomic E-state index is 12.6. The number of anilines is 1. The van der Waals surface area contributed by atoms with E-state index in [0.717, 1.165) is 54.7 Å². The fourth-order valence-corrected chi connectivity index (χ4v) is 9.09. The van der Waals surface area contributed by atoms with Crippen LogP contribution in [0.1, 0.15) is 183 Å². The molecule has 2 rings (SSSR count). The van der Waals surface area contributed by atoms with Gasteiger partial charge in [0, 0.05) is 18.8 Å². The standard InChI is InChI=1S/C59H89N5O11S/c1-5-7-9-11-13-15-16-17-18-19-21-23-25-27-29-49(58(67)68)43-55(65)74-40-38-72-35-33-64(51-30-31-53(47(3)42-51)62-63-57-52(45-60)48(4)54(46-61)76-57)32-34-71-36-37-73-39-41-75-56(66)44-50(59(69)70)28-26-24-22-20-14-12-10-8-6-2/h24-27,30-31,42,49-50H,5-23,28-29,32-41,43-44H2,1-4H3,(H,67,68)(H,69,70)/b26-24+,27-25+,63-62?. The Labute approximate surface area is 457 Å². The van der Waals surface area contributed by atoms with Gasteiger partial charge < -0.3 is 38.8 Å². The molecule has 0 bridgehead atoms. The maximum Gasteiger partial charge on any atom is 0.307 e. The molecule has 0 amide bonds. The summed E-state index contributed by atoms with van der Waals surface area (Å²) in [6, 6.07) is 9.87. The van der Waals surface area contributed by atoms with Gasteiger partial charge in [0.2, 0.25) is 0 Å². The van der Waals surface area contributed by atoms with Crippen LogP contribution in [0.2, 0.25) is 0 Å². The first-order valence-electron chi connectivity index (χ1n) is 28.0. The Hall–Kier alpha value is -5.46. The van der Waals surface area contributed by atoms with Crippen molar-refractivity contribution < 1.29 is 53.1 Å². The number of carboxylic acid groups (broad SMARTS) is 2. The number of hydrogen-bond donors (Lipinski definition) is 2. The summed E-state index contributed by atoms with van der Waals surface area (Å²) in [5.41, 5.74) is 3.16. The maximum absolute atomic E-state index is 12.6. The van der Waals surface area contributed by atoms with E-state index in [-0.39, 0.29) is 71.9 Å². The molecule has 0 radical (unpaired) electrons. The fraction of sp³-hybridized carbons (Fsp3) is 0.661. The van der Waals surface area contributed by atoms with E-state index in [2.05, 4.69) is 41.1 Å². The zero-order chi connectivity index (χ0) is 55.4. The number of carbonyl (C=O) groups is 4. The van der Waals surface area contributed by atoms with Crippen LogP contribution in [0.3, 0.4) is 0 Å². The molecule has 0 saturated heterocycles. The lowest BCUT2D eigenvalue weighted by Crippen LogP contribution is -2.31. The molecule has 1 aromatic carbocycles. The summed E-state index contributed by atoms with van der Waals surface area (Å²) in [6.45, 7) is 10.3. The summed E-state index contributed by atoms with van der Waals surface area (Å²) in [4.78, 5) is 51.1. The van der Waals surface area contributed by atoms with Crippen LogP contribution in [0.15, 0.2) is 52.7 Å². The number of hydrogen-bond acceptors (Lipinski definition) is 15. The fourth-order valence-electron chi connectivity index (χ4n) is 8.22. The van der Waals surface area contributed by atoms with Crippen LogP contribution in [-0.2, 0) is 42.9 Å². The lowest BCUT2D eigenvalue weighted by Gasteiger charge is -2.25. The molecule has 2 N–H and O–H groups in total. The molecule has 76 heavy (non-hydrogen) atoms. The molecule has 0 aliphatic carbocycles. The summed E-state index contributed by atoms with van der Waals surface area (Å²) in [6.07, 6.45) is 30.8. The van der Waals surface area contributed by atoms with E-state index in [4.69, 9.17) is 23.7 Å². The average Bonchev–Trinajstić information content (AvgIpc) is 3.72. The number of ether oxygens (including phenoxy) is 5. The highest BCUT2D eigenvalue weighted by Crippen LogP contribution is 2.36. The summed E-state index contributed by atoms with van der Waals surface area (Å²) in [5, 5.41) is 47.5. The van der Waals surface area contributed by atoms with Crippen LogP contribution >= 0.6 is 11.3 Å². The van der Waals surface area contributed by atoms with E-state index in [1.165, 1.54) is 89.9 Å². The number of esters is 2. The highest BCUT2D eigenvalue weighted by Gasteiger charge is 2.22. The first-order chi connectivity index (χ1) is 36.9. The van der Waals surface area contributed by atoms with Gasteiger partial charge in [0.25, 0.3) is 0 Å². The minimum absolute atomic E-state index is 0.00565. The smallest absolute Gasteiger partial charge is 0.307 e. The molecule has 0 fully saturated rings. The predicted octanol–water partition coefficient (Wildman–Crippen LogP) is 14.0. The summed E-state index contributed by atoms with van der Waals surface area (Å²) in [5.74, 6) is -4.94. The predicted molar refractivity (Wildman–Crippen MR) is 298 cm³/mol. The van der Waals surface area contributed by atoms with E-state index in [0.29, 0.717) is 46.4 Å². The Bertz CT molecular complexity index is 2130. The van der Waals surface area contributed by atoms with Gasteiger partial charge in [-0.25, -0.2) is 0 Å². The number of nitrogens with zero attached hydrogens (tertiary/aromatic N) is 5. The zero-order valence-electron chi connectivity index (χ0n) is 46.2. The van der Waals surface area contributed by atoms with Crippen LogP contribution in [0.4, 0.5) is 16.4 Å². The lowest BCUT2D eigenvalue weighted by atomic mass is 10.0. The minimum Gasteiger partial charge on any atom is -0.481 e. The van der Waals surface area contributed by atoms with Gasteiger partial charge in [-0.05, 0) is 81.7 Å². The van der Waals surface area contributed by atoms with Crippen molar-refractivity contribution in [2.24, 2.45) is 22.1 Å². The van der Waals surface area contributed by atoms with E-state index < -0.39 is 35.7 Å². The van der Waals surface area contributed by atoms with Crippen LogP contribution in [0.25, 0.3) is 0 Å². The summed E-state index contributed by atoms with van der Waals surface area (Å²) >= 11 is 1.12. The largest absolute Gasteiger partial charge is 0.481 e. The number of benzene rings is 1. The van der Waals surface area contributed by atoms with Crippen molar-refractivity contribution in [1.82, 2.24) is 0 Å². The second kappa shape index (κ2) is 43.6. The number of thiophene rings is 1. The number of azo groups is 1. The second-order valence-electron chi connectivity index (χ2n) is 19.2. The molecule has 2 unspecified atom stereocenters. The molecule has 1 aromatic heterocycles. The van der Waals surface area contributed by atoms with Crippen LogP contribution in [0.5, 0.6) is 0 Å².